The molecule has 1 saturated heterocycles. The molecule has 5 heteroatoms. The summed E-state index contributed by atoms with van der Waals surface area (Å²) in [7, 11) is 3.03. The van der Waals surface area contributed by atoms with Crippen LogP contribution in [0.2, 0.25) is 0 Å². The van der Waals surface area contributed by atoms with Crippen LogP contribution in [0.1, 0.15) is 34.7 Å². The molecule has 0 saturated carbocycles. The van der Waals surface area contributed by atoms with Gasteiger partial charge in [-0.3, -0.25) is 9.59 Å². The van der Waals surface area contributed by atoms with Gasteiger partial charge < -0.3 is 14.4 Å². The first-order valence-corrected chi connectivity index (χ1v) is 7.87. The number of ether oxygens (including phenoxy) is 2. The van der Waals surface area contributed by atoms with Gasteiger partial charge in [-0.05, 0) is 36.6 Å². The van der Waals surface area contributed by atoms with Gasteiger partial charge in [0, 0.05) is 18.0 Å². The molecule has 0 spiro atoms. The molecule has 0 radical (unpaired) electrons. The third-order valence-corrected chi connectivity index (χ3v) is 5.53. The van der Waals surface area contributed by atoms with E-state index in [9.17, 15) is 9.59 Å². The van der Waals surface area contributed by atoms with Crippen molar-refractivity contribution in [2.45, 2.75) is 24.8 Å². The number of allylic oxidation sites excluding steroid dienone is 1. The fourth-order valence-electron chi connectivity index (χ4n) is 4.51. The summed E-state index contributed by atoms with van der Waals surface area (Å²) >= 11 is 0. The number of benzene rings is 1. The van der Waals surface area contributed by atoms with E-state index in [0.717, 1.165) is 23.3 Å². The van der Waals surface area contributed by atoms with Crippen molar-refractivity contribution in [3.05, 3.63) is 41.5 Å². The Kier molecular flexibility index (Phi) is 3.01. The van der Waals surface area contributed by atoms with Crippen molar-refractivity contribution in [2.75, 3.05) is 20.8 Å². The van der Waals surface area contributed by atoms with Crippen LogP contribution >= 0.6 is 0 Å². The predicted molar refractivity (Wildman–Crippen MR) is 83.4 cm³/mol. The SMILES string of the molecule is COC(=O)[C@@]12C=CC[C@H]3c4cc(OC)ccc4C(=O)N(CC1)[C@H]32. The lowest BCUT2D eigenvalue weighted by atomic mass is 9.66. The zero-order valence-electron chi connectivity index (χ0n) is 13.2. The molecule has 1 amide bonds. The summed E-state index contributed by atoms with van der Waals surface area (Å²) in [6, 6.07) is 5.43. The molecule has 23 heavy (non-hydrogen) atoms. The summed E-state index contributed by atoms with van der Waals surface area (Å²) in [6.45, 7) is 0.588. The maximum Gasteiger partial charge on any atom is 0.317 e. The Balaban J connectivity index is 1.89. The quantitative estimate of drug-likeness (QED) is 0.620. The van der Waals surface area contributed by atoms with E-state index in [2.05, 4.69) is 6.08 Å². The lowest BCUT2D eigenvalue weighted by molar-refractivity contribution is -0.151. The van der Waals surface area contributed by atoms with Crippen LogP contribution in [-0.2, 0) is 9.53 Å². The van der Waals surface area contributed by atoms with E-state index in [4.69, 9.17) is 9.47 Å². The van der Waals surface area contributed by atoms with Crippen molar-refractivity contribution in [2.24, 2.45) is 5.41 Å². The van der Waals surface area contributed by atoms with Crippen molar-refractivity contribution < 1.29 is 19.1 Å². The summed E-state index contributed by atoms with van der Waals surface area (Å²) in [6.07, 6.45) is 5.45. The Morgan fingerprint density at radius 2 is 2.17 bits per heavy atom. The molecule has 4 rings (SSSR count). The molecule has 1 aromatic carbocycles. The molecule has 3 atom stereocenters. The number of methoxy groups -OCH3 is 2. The van der Waals surface area contributed by atoms with Gasteiger partial charge in [0.05, 0.1) is 20.3 Å². The largest absolute Gasteiger partial charge is 0.497 e. The normalized spacial score (nSPS) is 30.7. The topological polar surface area (TPSA) is 55.8 Å². The van der Waals surface area contributed by atoms with Gasteiger partial charge in [-0.15, -0.1) is 0 Å². The standard InChI is InChI=1S/C18H19NO4/c1-22-11-5-6-13-14(10-11)12-4-3-7-18(17(21)23-2)8-9-19(15(12)18)16(13)20/h3,5-7,10,12,15H,4,8-9H2,1-2H3/t12-,15+,18-/m0/s1. The molecule has 0 aromatic heterocycles. The van der Waals surface area contributed by atoms with E-state index >= 15 is 0 Å². The van der Waals surface area contributed by atoms with Crippen LogP contribution in [0, 0.1) is 5.41 Å². The molecular formula is C18H19NO4. The highest BCUT2D eigenvalue weighted by Crippen LogP contribution is 2.53. The Morgan fingerprint density at radius 3 is 2.91 bits per heavy atom. The zero-order valence-corrected chi connectivity index (χ0v) is 13.2. The Bertz CT molecular complexity index is 726. The number of amides is 1. The van der Waals surface area contributed by atoms with Crippen LogP contribution in [0.4, 0.5) is 0 Å². The van der Waals surface area contributed by atoms with Gasteiger partial charge in [0.2, 0.25) is 0 Å². The second-order valence-corrected chi connectivity index (χ2v) is 6.42. The Hall–Kier alpha value is -2.30. The van der Waals surface area contributed by atoms with Crippen LogP contribution < -0.4 is 4.74 Å². The van der Waals surface area contributed by atoms with Gasteiger partial charge in [0.1, 0.15) is 11.2 Å². The predicted octanol–water partition coefficient (Wildman–Crippen LogP) is 2.13. The van der Waals surface area contributed by atoms with Crippen molar-refractivity contribution in [1.82, 2.24) is 4.90 Å². The summed E-state index contributed by atoms with van der Waals surface area (Å²) in [4.78, 5) is 27.3. The average Bonchev–Trinajstić information content (AvgIpc) is 3.00. The molecule has 2 heterocycles. The van der Waals surface area contributed by atoms with Crippen LogP contribution in [0.5, 0.6) is 5.75 Å². The Morgan fingerprint density at radius 1 is 1.35 bits per heavy atom. The van der Waals surface area contributed by atoms with Gasteiger partial charge in [0.25, 0.3) is 5.91 Å². The van der Waals surface area contributed by atoms with Crippen LogP contribution in [0.3, 0.4) is 0 Å². The van der Waals surface area contributed by atoms with Crippen molar-refractivity contribution in [3.8, 4) is 5.75 Å². The molecule has 1 fully saturated rings. The first-order valence-electron chi connectivity index (χ1n) is 7.87. The molecule has 0 N–H and O–H groups in total. The number of rotatable bonds is 2. The zero-order chi connectivity index (χ0) is 16.2. The van der Waals surface area contributed by atoms with Crippen molar-refractivity contribution in [1.29, 1.82) is 0 Å². The number of fused-ring (bicyclic) bond motifs is 2. The molecule has 2 aliphatic heterocycles. The molecule has 0 bridgehead atoms. The maximum atomic E-state index is 12.9. The fraction of sp³-hybridized carbons (Fsp3) is 0.444. The summed E-state index contributed by atoms with van der Waals surface area (Å²) in [5.74, 6) is 0.598. The first-order chi connectivity index (χ1) is 11.1. The number of hydrogen-bond donors (Lipinski definition) is 0. The minimum atomic E-state index is -0.714. The van der Waals surface area contributed by atoms with Gasteiger partial charge in [0.15, 0.2) is 0 Å². The highest BCUT2D eigenvalue weighted by molar-refractivity contribution is 5.99. The average molecular weight is 313 g/mol. The maximum absolute atomic E-state index is 12.9. The van der Waals surface area contributed by atoms with E-state index in [1.54, 1.807) is 7.11 Å². The third-order valence-electron chi connectivity index (χ3n) is 5.53. The van der Waals surface area contributed by atoms with Crippen molar-refractivity contribution >= 4 is 11.9 Å². The number of nitrogens with zero attached hydrogens (tertiary/aromatic N) is 1. The lowest BCUT2D eigenvalue weighted by Crippen LogP contribution is -2.53. The fourth-order valence-corrected chi connectivity index (χ4v) is 4.51. The summed E-state index contributed by atoms with van der Waals surface area (Å²) in [5, 5.41) is 0. The minimum Gasteiger partial charge on any atom is -0.497 e. The van der Waals surface area contributed by atoms with Crippen LogP contribution in [0.25, 0.3) is 0 Å². The molecular weight excluding hydrogens is 294 g/mol. The van der Waals surface area contributed by atoms with Gasteiger partial charge in [-0.25, -0.2) is 0 Å². The van der Waals surface area contributed by atoms with Crippen molar-refractivity contribution in [3.63, 3.8) is 0 Å². The molecule has 3 aliphatic rings. The van der Waals surface area contributed by atoms with Gasteiger partial charge >= 0.3 is 5.97 Å². The molecule has 5 nitrogen and oxygen atoms in total. The highest BCUT2D eigenvalue weighted by atomic mass is 16.5. The Labute approximate surface area is 134 Å². The number of esters is 1. The second kappa shape index (κ2) is 4.85. The van der Waals surface area contributed by atoms with E-state index < -0.39 is 5.41 Å². The van der Waals surface area contributed by atoms with Gasteiger partial charge in [-0.2, -0.15) is 0 Å². The molecule has 0 unspecified atom stereocenters. The van der Waals surface area contributed by atoms with Crippen LogP contribution in [-0.4, -0.2) is 43.6 Å². The number of hydrogen-bond acceptors (Lipinski definition) is 4. The molecule has 120 valence electrons. The summed E-state index contributed by atoms with van der Waals surface area (Å²) < 4.78 is 10.4. The first kappa shape index (κ1) is 14.3. The van der Waals surface area contributed by atoms with E-state index in [-0.39, 0.29) is 23.8 Å². The minimum absolute atomic E-state index is 0.00461. The number of carbonyl (C=O) groups excluding carboxylic acids is 2. The second-order valence-electron chi connectivity index (χ2n) is 6.42. The smallest absolute Gasteiger partial charge is 0.317 e. The summed E-state index contributed by atoms with van der Waals surface area (Å²) in [5.41, 5.74) is 0.992. The molecule has 1 aromatic rings. The molecule has 1 aliphatic carbocycles. The monoisotopic (exact) mass is 313 g/mol. The highest BCUT2D eigenvalue weighted by Gasteiger charge is 2.59. The van der Waals surface area contributed by atoms with Gasteiger partial charge in [-0.1, -0.05) is 12.2 Å². The van der Waals surface area contributed by atoms with E-state index in [1.807, 2.05) is 29.2 Å². The van der Waals surface area contributed by atoms with Crippen LogP contribution in [0.15, 0.2) is 30.4 Å². The lowest BCUT2D eigenvalue weighted by Gasteiger charge is -2.45. The van der Waals surface area contributed by atoms with E-state index in [0.29, 0.717) is 13.0 Å². The number of carbonyl (C=O) groups is 2. The van der Waals surface area contributed by atoms with E-state index in [1.165, 1.54) is 7.11 Å². The third kappa shape index (κ3) is 1.73.